The number of aliphatic hydroxyl groups is 1. The lowest BCUT2D eigenvalue weighted by molar-refractivity contribution is -0.122. The second-order valence-corrected chi connectivity index (χ2v) is 6.29. The Morgan fingerprint density at radius 2 is 2.15 bits per heavy atom. The van der Waals surface area contributed by atoms with Crippen LogP contribution in [-0.2, 0) is 11.3 Å². The number of aromatic nitrogens is 1. The Bertz CT molecular complexity index is 501. The van der Waals surface area contributed by atoms with Gasteiger partial charge in [0.2, 0.25) is 5.91 Å². The van der Waals surface area contributed by atoms with E-state index in [1.165, 1.54) is 11.3 Å². The number of hydrogen-bond donors (Lipinski definition) is 2. The third kappa shape index (κ3) is 4.18. The Kier molecular flexibility index (Phi) is 5.37. The van der Waals surface area contributed by atoms with E-state index in [4.69, 9.17) is 0 Å². The summed E-state index contributed by atoms with van der Waals surface area (Å²) in [5.41, 5.74) is 0.960. The van der Waals surface area contributed by atoms with Crippen LogP contribution in [0.2, 0.25) is 0 Å². The maximum Gasteiger partial charge on any atom is 0.307 e. The summed E-state index contributed by atoms with van der Waals surface area (Å²) in [6.45, 7) is 2.51. The molecule has 0 spiro atoms. The van der Waals surface area contributed by atoms with Gasteiger partial charge in [0, 0.05) is 30.1 Å². The second-order valence-electron chi connectivity index (χ2n) is 5.47. The van der Waals surface area contributed by atoms with Crippen molar-refractivity contribution in [1.82, 2.24) is 9.88 Å². The molecule has 0 aromatic carbocycles. The predicted molar refractivity (Wildman–Crippen MR) is 79.0 cm³/mol. The van der Waals surface area contributed by atoms with Crippen molar-refractivity contribution in [3.63, 3.8) is 0 Å². The number of aryl methyl sites for hydroxylation is 1. The number of aliphatic hydroxyl groups excluding tert-OH is 1. The van der Waals surface area contributed by atoms with Crippen LogP contribution >= 0.6 is 11.3 Å². The van der Waals surface area contributed by atoms with E-state index < -0.39 is 0 Å². The third-order valence-electron chi connectivity index (χ3n) is 3.82. The number of amides is 1. The van der Waals surface area contributed by atoms with Crippen molar-refractivity contribution in [2.45, 2.75) is 64.1 Å². The molecule has 5 nitrogen and oxygen atoms in total. The van der Waals surface area contributed by atoms with Gasteiger partial charge in [0.25, 0.3) is 0 Å². The molecule has 1 fully saturated rings. The first kappa shape index (κ1) is 15.3. The normalized spacial score (nSPS) is 22.7. The van der Waals surface area contributed by atoms with Gasteiger partial charge < -0.3 is 15.0 Å². The summed E-state index contributed by atoms with van der Waals surface area (Å²) in [7, 11) is 0. The van der Waals surface area contributed by atoms with Gasteiger partial charge in [0.05, 0.1) is 6.10 Å². The lowest BCUT2D eigenvalue weighted by Crippen LogP contribution is -2.38. The minimum absolute atomic E-state index is 0.0455. The van der Waals surface area contributed by atoms with Crippen LogP contribution in [0.5, 0.6) is 0 Å². The number of hydrogen-bond acceptors (Lipinski definition) is 4. The second kappa shape index (κ2) is 7.04. The van der Waals surface area contributed by atoms with Crippen LogP contribution in [-0.4, -0.2) is 27.7 Å². The van der Waals surface area contributed by atoms with Crippen molar-refractivity contribution in [3.05, 3.63) is 20.7 Å². The molecule has 0 unspecified atom stereocenters. The van der Waals surface area contributed by atoms with Crippen LogP contribution in [0.25, 0.3) is 0 Å². The van der Waals surface area contributed by atoms with Gasteiger partial charge in [-0.3, -0.25) is 9.59 Å². The zero-order valence-corrected chi connectivity index (χ0v) is 12.6. The minimum atomic E-state index is -0.198. The van der Waals surface area contributed by atoms with Crippen LogP contribution in [0.15, 0.2) is 10.2 Å². The van der Waals surface area contributed by atoms with E-state index in [9.17, 15) is 14.7 Å². The van der Waals surface area contributed by atoms with Crippen molar-refractivity contribution >= 4 is 17.2 Å². The van der Waals surface area contributed by atoms with Crippen LogP contribution < -0.4 is 10.2 Å². The molecule has 1 aliphatic carbocycles. The first-order valence-corrected chi connectivity index (χ1v) is 8.06. The van der Waals surface area contributed by atoms with Crippen molar-refractivity contribution < 1.29 is 9.90 Å². The number of thiazole rings is 1. The third-order valence-corrected chi connectivity index (χ3v) is 4.70. The maximum absolute atomic E-state index is 11.8. The molecule has 2 N–H and O–H groups in total. The quantitative estimate of drug-likeness (QED) is 0.863. The number of nitrogens with one attached hydrogen (secondary N) is 1. The van der Waals surface area contributed by atoms with Gasteiger partial charge in [0.15, 0.2) is 0 Å². The highest BCUT2D eigenvalue weighted by atomic mass is 32.1. The molecule has 1 aromatic heterocycles. The van der Waals surface area contributed by atoms with Gasteiger partial charge >= 0.3 is 4.87 Å². The minimum Gasteiger partial charge on any atom is -0.393 e. The predicted octanol–water partition coefficient (Wildman–Crippen LogP) is 1.42. The van der Waals surface area contributed by atoms with E-state index in [0.717, 1.165) is 31.4 Å². The molecule has 0 aliphatic heterocycles. The fraction of sp³-hybridized carbons (Fsp3) is 0.714. The van der Waals surface area contributed by atoms with Crippen molar-refractivity contribution in [2.24, 2.45) is 0 Å². The van der Waals surface area contributed by atoms with Gasteiger partial charge in [-0.15, -0.1) is 0 Å². The van der Waals surface area contributed by atoms with E-state index >= 15 is 0 Å². The Labute approximate surface area is 122 Å². The SMILES string of the molecule is Cc1csc(=O)n1CCCC(=O)NC1CCC(O)CC1. The van der Waals surface area contributed by atoms with Gasteiger partial charge in [0.1, 0.15) is 0 Å². The summed E-state index contributed by atoms with van der Waals surface area (Å²) in [5, 5.41) is 14.3. The highest BCUT2D eigenvalue weighted by Crippen LogP contribution is 2.18. The average molecular weight is 298 g/mol. The van der Waals surface area contributed by atoms with E-state index in [-0.39, 0.29) is 22.9 Å². The first-order valence-electron chi connectivity index (χ1n) is 7.18. The smallest absolute Gasteiger partial charge is 0.307 e. The number of carbonyl (C=O) groups excluding carboxylic acids is 1. The summed E-state index contributed by atoms with van der Waals surface area (Å²) in [6, 6.07) is 0.205. The summed E-state index contributed by atoms with van der Waals surface area (Å²) < 4.78 is 1.72. The molecule has 20 heavy (non-hydrogen) atoms. The van der Waals surface area contributed by atoms with Gasteiger partial charge in [-0.2, -0.15) is 0 Å². The van der Waals surface area contributed by atoms with E-state index in [2.05, 4.69) is 5.32 Å². The number of carbonyl (C=O) groups is 1. The summed E-state index contributed by atoms with van der Waals surface area (Å²) >= 11 is 1.20. The molecule has 1 amide bonds. The molecule has 0 atom stereocenters. The molecule has 1 aliphatic rings. The standard InChI is InChI=1S/C14H22N2O3S/c1-10-9-20-14(19)16(10)8-2-3-13(18)15-11-4-6-12(17)7-5-11/h9,11-12,17H,2-8H2,1H3,(H,15,18). The summed E-state index contributed by atoms with van der Waals surface area (Å²) in [6.07, 6.45) is 4.19. The fourth-order valence-corrected chi connectivity index (χ4v) is 3.35. The Morgan fingerprint density at radius 1 is 1.45 bits per heavy atom. The Balaban J connectivity index is 1.69. The van der Waals surface area contributed by atoms with E-state index in [1.54, 1.807) is 4.57 Å². The Hall–Kier alpha value is -1.14. The highest BCUT2D eigenvalue weighted by Gasteiger charge is 2.20. The molecule has 0 saturated heterocycles. The monoisotopic (exact) mass is 298 g/mol. The average Bonchev–Trinajstić information content (AvgIpc) is 2.73. The molecule has 2 rings (SSSR count). The lowest BCUT2D eigenvalue weighted by Gasteiger charge is -2.26. The molecule has 1 saturated carbocycles. The van der Waals surface area contributed by atoms with Crippen LogP contribution in [0, 0.1) is 6.92 Å². The summed E-state index contributed by atoms with van der Waals surface area (Å²) in [5.74, 6) is 0.0484. The van der Waals surface area contributed by atoms with Gasteiger partial charge in [-0.05, 0) is 39.0 Å². The number of rotatable bonds is 5. The van der Waals surface area contributed by atoms with Crippen LogP contribution in [0.3, 0.4) is 0 Å². The number of nitrogens with zero attached hydrogens (tertiary/aromatic N) is 1. The molecular formula is C14H22N2O3S. The molecule has 1 aromatic rings. The van der Waals surface area contributed by atoms with Crippen molar-refractivity contribution in [2.75, 3.05) is 0 Å². The summed E-state index contributed by atoms with van der Waals surface area (Å²) in [4.78, 5) is 23.4. The van der Waals surface area contributed by atoms with E-state index in [0.29, 0.717) is 19.4 Å². The van der Waals surface area contributed by atoms with E-state index in [1.807, 2.05) is 12.3 Å². The van der Waals surface area contributed by atoms with Crippen molar-refractivity contribution in [3.8, 4) is 0 Å². The molecule has 6 heteroatoms. The zero-order chi connectivity index (χ0) is 14.5. The molecule has 0 radical (unpaired) electrons. The zero-order valence-electron chi connectivity index (χ0n) is 11.8. The van der Waals surface area contributed by atoms with Gasteiger partial charge in [-0.25, -0.2) is 0 Å². The first-order chi connectivity index (χ1) is 9.56. The highest BCUT2D eigenvalue weighted by molar-refractivity contribution is 7.07. The van der Waals surface area contributed by atoms with Crippen molar-refractivity contribution in [1.29, 1.82) is 0 Å². The molecular weight excluding hydrogens is 276 g/mol. The topological polar surface area (TPSA) is 71.3 Å². The lowest BCUT2D eigenvalue weighted by atomic mass is 9.93. The van der Waals surface area contributed by atoms with Gasteiger partial charge in [-0.1, -0.05) is 11.3 Å². The van der Waals surface area contributed by atoms with Crippen LogP contribution in [0.4, 0.5) is 0 Å². The van der Waals surface area contributed by atoms with Crippen LogP contribution in [0.1, 0.15) is 44.2 Å². The fourth-order valence-electron chi connectivity index (χ4n) is 2.59. The maximum atomic E-state index is 11.8. The molecule has 0 bridgehead atoms. The largest absolute Gasteiger partial charge is 0.393 e. The molecule has 112 valence electrons. The molecule has 1 heterocycles. The Morgan fingerprint density at radius 3 is 2.75 bits per heavy atom.